The van der Waals surface area contributed by atoms with Gasteiger partial charge in [0.15, 0.2) is 9.04 Å². The lowest BCUT2D eigenvalue weighted by molar-refractivity contribution is 0.145. The zero-order valence-electron chi connectivity index (χ0n) is 7.22. The third-order valence-electron chi connectivity index (χ3n) is 1.55. The number of hydrogen-bond donors (Lipinski definition) is 0. The second kappa shape index (κ2) is 7.25. The molecule has 0 aromatic rings. The van der Waals surface area contributed by atoms with E-state index in [4.69, 9.17) is 9.16 Å². The van der Waals surface area contributed by atoms with Gasteiger partial charge in [-0.3, -0.25) is 0 Å². The molecule has 0 amide bonds. The van der Waals surface area contributed by atoms with Crippen LogP contribution in [-0.4, -0.2) is 29.4 Å². The van der Waals surface area contributed by atoms with E-state index in [1.165, 1.54) is 12.1 Å². The monoisotopic (exact) mass is 162 g/mol. The van der Waals surface area contributed by atoms with Crippen LogP contribution in [0.1, 0.15) is 13.8 Å². The van der Waals surface area contributed by atoms with Gasteiger partial charge in [0.2, 0.25) is 0 Å². The quantitative estimate of drug-likeness (QED) is 0.434. The molecule has 0 unspecified atom stereocenters. The smallest absolute Gasteiger partial charge is 0.176 e. The fourth-order valence-corrected chi connectivity index (χ4v) is 2.30. The summed E-state index contributed by atoms with van der Waals surface area (Å²) in [6.45, 7) is 5.93. The van der Waals surface area contributed by atoms with Crippen molar-refractivity contribution in [3.05, 3.63) is 0 Å². The Hall–Kier alpha value is 0.137. The van der Waals surface area contributed by atoms with Crippen molar-refractivity contribution in [2.24, 2.45) is 0 Å². The molecule has 0 aromatic carbocycles. The summed E-state index contributed by atoms with van der Waals surface area (Å²) in [5.74, 6) is 0. The molecule has 3 heteroatoms. The lowest BCUT2D eigenvalue weighted by Crippen LogP contribution is -2.17. The molecule has 2 nitrogen and oxygen atoms in total. The van der Waals surface area contributed by atoms with Gasteiger partial charge in [0.25, 0.3) is 0 Å². The van der Waals surface area contributed by atoms with Gasteiger partial charge < -0.3 is 9.16 Å². The van der Waals surface area contributed by atoms with Crippen LogP contribution in [0.4, 0.5) is 0 Å². The number of methoxy groups -OCH3 is 1. The van der Waals surface area contributed by atoms with E-state index in [0.717, 1.165) is 13.2 Å². The number of ether oxygens (including phenoxy) is 1. The Morgan fingerprint density at radius 1 is 1.10 bits per heavy atom. The van der Waals surface area contributed by atoms with Crippen LogP contribution in [0.5, 0.6) is 0 Å². The predicted octanol–water partition coefficient (Wildman–Crippen LogP) is 1.41. The summed E-state index contributed by atoms with van der Waals surface area (Å²) in [6.07, 6.45) is 0. The third kappa shape index (κ3) is 4.96. The summed E-state index contributed by atoms with van der Waals surface area (Å²) < 4.78 is 10.5. The molecule has 0 aliphatic rings. The Kier molecular flexibility index (Phi) is 7.35. The molecule has 0 heterocycles. The molecule has 0 atom stereocenters. The first-order chi connectivity index (χ1) is 4.85. The fraction of sp³-hybridized carbons (Fsp3) is 1.00. The fourth-order valence-electron chi connectivity index (χ4n) is 0.822. The first kappa shape index (κ1) is 10.1. The highest BCUT2D eigenvalue weighted by Gasteiger charge is 2.04. The molecule has 0 bridgehead atoms. The van der Waals surface area contributed by atoms with Crippen LogP contribution in [0.2, 0.25) is 12.1 Å². The first-order valence-electron chi connectivity index (χ1n) is 3.95. The third-order valence-corrected chi connectivity index (χ3v) is 4.08. The summed E-state index contributed by atoms with van der Waals surface area (Å²) >= 11 is 0. The Labute approximate surface area is 65.3 Å². The molecule has 10 heavy (non-hydrogen) atoms. The zero-order chi connectivity index (χ0) is 7.82. The van der Waals surface area contributed by atoms with Crippen molar-refractivity contribution < 1.29 is 9.16 Å². The minimum Gasteiger partial charge on any atom is -0.418 e. The molecule has 62 valence electrons. The predicted molar refractivity (Wildman–Crippen MR) is 45.9 cm³/mol. The molecule has 0 spiro atoms. The maximum absolute atomic E-state index is 5.59. The minimum atomic E-state index is -0.804. The lowest BCUT2D eigenvalue weighted by Gasteiger charge is -2.10. The maximum Gasteiger partial charge on any atom is 0.176 e. The molecular weight excluding hydrogens is 144 g/mol. The van der Waals surface area contributed by atoms with Gasteiger partial charge in [-0.15, -0.1) is 0 Å². The minimum absolute atomic E-state index is 0.740. The van der Waals surface area contributed by atoms with Crippen molar-refractivity contribution in [3.8, 4) is 0 Å². The van der Waals surface area contributed by atoms with Crippen LogP contribution in [0.15, 0.2) is 0 Å². The molecule has 0 aliphatic heterocycles. The van der Waals surface area contributed by atoms with E-state index in [2.05, 4.69) is 13.8 Å². The molecule has 0 saturated heterocycles. The SMILES string of the molecule is CC[SiH](CC)OCCOC. The summed E-state index contributed by atoms with van der Waals surface area (Å²) in [5.41, 5.74) is 0. The van der Waals surface area contributed by atoms with Crippen molar-refractivity contribution >= 4 is 9.04 Å². The van der Waals surface area contributed by atoms with Crippen molar-refractivity contribution in [2.45, 2.75) is 25.9 Å². The second-order valence-electron chi connectivity index (χ2n) is 2.30. The van der Waals surface area contributed by atoms with Gasteiger partial charge >= 0.3 is 0 Å². The van der Waals surface area contributed by atoms with Crippen molar-refractivity contribution in [1.29, 1.82) is 0 Å². The highest BCUT2D eigenvalue weighted by atomic mass is 28.3. The van der Waals surface area contributed by atoms with Crippen molar-refractivity contribution in [1.82, 2.24) is 0 Å². The second-order valence-corrected chi connectivity index (χ2v) is 5.51. The molecule has 0 aliphatic carbocycles. The Balaban J connectivity index is 3.09. The van der Waals surface area contributed by atoms with E-state index >= 15 is 0 Å². The highest BCUT2D eigenvalue weighted by molar-refractivity contribution is 6.51. The number of rotatable bonds is 6. The lowest BCUT2D eigenvalue weighted by atomic mass is 10.8. The van der Waals surface area contributed by atoms with E-state index in [1.54, 1.807) is 7.11 Å². The van der Waals surface area contributed by atoms with E-state index in [9.17, 15) is 0 Å². The van der Waals surface area contributed by atoms with Crippen LogP contribution in [0.25, 0.3) is 0 Å². The van der Waals surface area contributed by atoms with Crippen molar-refractivity contribution in [3.63, 3.8) is 0 Å². The first-order valence-corrected chi connectivity index (χ1v) is 6.06. The molecular formula is C7H18O2Si. The van der Waals surface area contributed by atoms with Crippen LogP contribution < -0.4 is 0 Å². The van der Waals surface area contributed by atoms with Gasteiger partial charge in [0.05, 0.1) is 13.2 Å². The summed E-state index contributed by atoms with van der Waals surface area (Å²) in [7, 11) is 0.902. The molecule has 0 N–H and O–H groups in total. The summed E-state index contributed by atoms with van der Waals surface area (Å²) in [6, 6.07) is 2.47. The summed E-state index contributed by atoms with van der Waals surface area (Å²) in [5, 5.41) is 0. The normalized spacial score (nSPS) is 10.8. The largest absolute Gasteiger partial charge is 0.418 e. The zero-order valence-corrected chi connectivity index (χ0v) is 8.38. The van der Waals surface area contributed by atoms with Gasteiger partial charge in [0, 0.05) is 7.11 Å². The average molecular weight is 162 g/mol. The highest BCUT2D eigenvalue weighted by Crippen LogP contribution is 1.98. The van der Waals surface area contributed by atoms with Gasteiger partial charge in [-0.25, -0.2) is 0 Å². The van der Waals surface area contributed by atoms with Crippen LogP contribution in [0.3, 0.4) is 0 Å². The van der Waals surface area contributed by atoms with Gasteiger partial charge in [0.1, 0.15) is 0 Å². The standard InChI is InChI=1S/C7H18O2Si/c1-4-10(5-2)9-7-6-8-3/h10H,4-7H2,1-3H3. The number of hydrogen-bond acceptors (Lipinski definition) is 2. The molecule has 0 fully saturated rings. The molecule has 0 rings (SSSR count). The van der Waals surface area contributed by atoms with Crippen LogP contribution >= 0.6 is 0 Å². The Bertz CT molecular complexity index is 64.6. The van der Waals surface area contributed by atoms with E-state index in [0.29, 0.717) is 0 Å². The van der Waals surface area contributed by atoms with Gasteiger partial charge in [-0.2, -0.15) is 0 Å². The molecule has 0 radical (unpaired) electrons. The Morgan fingerprint density at radius 2 is 1.70 bits per heavy atom. The van der Waals surface area contributed by atoms with E-state index in [-0.39, 0.29) is 0 Å². The van der Waals surface area contributed by atoms with Crippen molar-refractivity contribution in [2.75, 3.05) is 20.3 Å². The Morgan fingerprint density at radius 3 is 2.10 bits per heavy atom. The van der Waals surface area contributed by atoms with E-state index < -0.39 is 9.04 Å². The summed E-state index contributed by atoms with van der Waals surface area (Å²) in [4.78, 5) is 0. The van der Waals surface area contributed by atoms with Crippen LogP contribution in [0, 0.1) is 0 Å². The van der Waals surface area contributed by atoms with E-state index in [1.807, 2.05) is 0 Å². The molecule has 0 aromatic heterocycles. The average Bonchev–Trinajstić information content (AvgIpc) is 1.99. The van der Waals surface area contributed by atoms with Crippen LogP contribution in [-0.2, 0) is 9.16 Å². The molecule has 0 saturated carbocycles. The van der Waals surface area contributed by atoms with Gasteiger partial charge in [-0.05, 0) is 12.1 Å². The topological polar surface area (TPSA) is 18.5 Å². The maximum atomic E-state index is 5.59. The van der Waals surface area contributed by atoms with Gasteiger partial charge in [-0.1, -0.05) is 13.8 Å².